The minimum Gasteiger partial charge on any atom is -0.380 e. The first-order chi connectivity index (χ1) is 15.7. The van der Waals surface area contributed by atoms with Crippen LogP contribution in [0.1, 0.15) is 53.2 Å². The predicted molar refractivity (Wildman–Crippen MR) is 125 cm³/mol. The number of hydrogen-bond acceptors (Lipinski definition) is 3. The molecule has 178 valence electrons. The summed E-state index contributed by atoms with van der Waals surface area (Å²) in [6, 6.07) is 13.7. The van der Waals surface area contributed by atoms with Crippen molar-refractivity contribution in [2.24, 2.45) is 0 Å². The van der Waals surface area contributed by atoms with Gasteiger partial charge in [0.05, 0.1) is 11.7 Å². The van der Waals surface area contributed by atoms with Gasteiger partial charge in [0.1, 0.15) is 0 Å². The standard InChI is InChI=1S/C27H32F3NO2/c1-4-20-16-22(27(28,29)30)13-14-24(20)25(32)12-8-9-15-26(21-10-6-5-7-11-21)17-23(33-3)18-31(2)19-26/h5-11,13-14,16,23H,4,12,15,17-19H2,1-3H3/b9-8+/t23-,26-/m0/s1. The van der Waals surface area contributed by atoms with Crippen molar-refractivity contribution >= 4 is 5.78 Å². The van der Waals surface area contributed by atoms with E-state index >= 15 is 0 Å². The number of ketones is 1. The van der Waals surface area contributed by atoms with Crippen LogP contribution in [-0.4, -0.2) is 44.0 Å². The van der Waals surface area contributed by atoms with Gasteiger partial charge >= 0.3 is 6.18 Å². The summed E-state index contributed by atoms with van der Waals surface area (Å²) in [5, 5.41) is 0. The van der Waals surface area contributed by atoms with Crippen molar-refractivity contribution < 1.29 is 22.7 Å². The Hall–Kier alpha value is -2.44. The summed E-state index contributed by atoms with van der Waals surface area (Å²) in [7, 11) is 3.83. The zero-order valence-electron chi connectivity index (χ0n) is 19.5. The topological polar surface area (TPSA) is 29.5 Å². The van der Waals surface area contributed by atoms with Gasteiger partial charge in [-0.25, -0.2) is 0 Å². The van der Waals surface area contributed by atoms with Crippen molar-refractivity contribution in [3.8, 4) is 0 Å². The fourth-order valence-electron chi connectivity index (χ4n) is 4.86. The fourth-order valence-corrected chi connectivity index (χ4v) is 4.86. The van der Waals surface area contributed by atoms with Gasteiger partial charge in [-0.2, -0.15) is 13.2 Å². The Morgan fingerprint density at radius 2 is 1.91 bits per heavy atom. The largest absolute Gasteiger partial charge is 0.416 e. The Morgan fingerprint density at radius 3 is 2.55 bits per heavy atom. The fraction of sp³-hybridized carbons (Fsp3) is 0.444. The number of methoxy groups -OCH3 is 1. The van der Waals surface area contributed by atoms with Gasteiger partial charge in [-0.15, -0.1) is 0 Å². The highest BCUT2D eigenvalue weighted by atomic mass is 19.4. The van der Waals surface area contributed by atoms with Crippen LogP contribution < -0.4 is 0 Å². The number of hydrogen-bond donors (Lipinski definition) is 0. The monoisotopic (exact) mass is 459 g/mol. The first kappa shape index (κ1) is 25.2. The van der Waals surface area contributed by atoms with E-state index in [4.69, 9.17) is 4.74 Å². The molecular weight excluding hydrogens is 427 g/mol. The minimum atomic E-state index is -4.41. The summed E-state index contributed by atoms with van der Waals surface area (Å²) in [6.07, 6.45) is 1.76. The molecule has 3 nitrogen and oxygen atoms in total. The Bertz CT molecular complexity index is 971. The van der Waals surface area contributed by atoms with E-state index in [1.807, 2.05) is 30.4 Å². The normalized spacial score (nSPS) is 22.1. The Labute approximate surface area is 194 Å². The number of rotatable bonds is 8. The molecule has 0 N–H and O–H groups in total. The third-order valence-electron chi connectivity index (χ3n) is 6.52. The van der Waals surface area contributed by atoms with E-state index in [0.29, 0.717) is 17.5 Å². The lowest BCUT2D eigenvalue weighted by Gasteiger charge is -2.45. The summed E-state index contributed by atoms with van der Waals surface area (Å²) in [6.45, 7) is 3.52. The van der Waals surface area contributed by atoms with Gasteiger partial charge < -0.3 is 9.64 Å². The van der Waals surface area contributed by atoms with Crippen LogP contribution >= 0.6 is 0 Å². The van der Waals surface area contributed by atoms with Crippen molar-refractivity contribution in [2.75, 3.05) is 27.2 Å². The van der Waals surface area contributed by atoms with Crippen LogP contribution in [0.25, 0.3) is 0 Å². The molecule has 6 heteroatoms. The van der Waals surface area contributed by atoms with Crippen LogP contribution in [-0.2, 0) is 22.7 Å². The van der Waals surface area contributed by atoms with Gasteiger partial charge in [-0.05, 0) is 49.6 Å². The maximum atomic E-state index is 13.0. The molecule has 0 aromatic heterocycles. The molecule has 0 aliphatic carbocycles. The Morgan fingerprint density at radius 1 is 1.18 bits per heavy atom. The molecule has 1 aliphatic rings. The number of halogens is 3. The van der Waals surface area contributed by atoms with Gasteiger partial charge in [-0.3, -0.25) is 4.79 Å². The lowest BCUT2D eigenvalue weighted by atomic mass is 9.71. The molecule has 0 amide bonds. The number of piperidine rings is 1. The summed E-state index contributed by atoms with van der Waals surface area (Å²) in [5.74, 6) is -0.166. The number of carbonyl (C=O) groups excluding carboxylic acids is 1. The number of ether oxygens (including phenoxy) is 1. The molecule has 2 aromatic rings. The van der Waals surface area contributed by atoms with Gasteiger partial charge in [0.25, 0.3) is 0 Å². The second-order valence-corrected chi connectivity index (χ2v) is 8.93. The summed E-state index contributed by atoms with van der Waals surface area (Å²) >= 11 is 0. The number of likely N-dealkylation sites (N-methyl/N-ethyl adjacent to an activating group) is 1. The van der Waals surface area contributed by atoms with Crippen molar-refractivity contribution in [1.82, 2.24) is 4.90 Å². The molecule has 0 unspecified atom stereocenters. The van der Waals surface area contributed by atoms with Gasteiger partial charge in [-0.1, -0.05) is 55.5 Å². The van der Waals surface area contributed by atoms with E-state index in [-0.39, 0.29) is 23.7 Å². The van der Waals surface area contributed by atoms with Crippen LogP contribution in [0.3, 0.4) is 0 Å². The third-order valence-corrected chi connectivity index (χ3v) is 6.52. The van der Waals surface area contributed by atoms with E-state index in [9.17, 15) is 18.0 Å². The van der Waals surface area contributed by atoms with Crippen LogP contribution in [0.4, 0.5) is 13.2 Å². The average molecular weight is 460 g/mol. The molecule has 0 spiro atoms. The number of likely N-dealkylation sites (tertiary alicyclic amines) is 1. The third kappa shape index (κ3) is 6.12. The highest BCUT2D eigenvalue weighted by Gasteiger charge is 2.39. The minimum absolute atomic E-state index is 0.123. The maximum Gasteiger partial charge on any atom is 0.416 e. The quantitative estimate of drug-likeness (QED) is 0.354. The van der Waals surface area contributed by atoms with Crippen LogP contribution in [0.15, 0.2) is 60.7 Å². The zero-order valence-corrected chi connectivity index (χ0v) is 19.5. The highest BCUT2D eigenvalue weighted by molar-refractivity contribution is 5.98. The van der Waals surface area contributed by atoms with Gasteiger partial charge in [0.15, 0.2) is 5.78 Å². The Kier molecular flexibility index (Phi) is 8.14. The maximum absolute atomic E-state index is 13.0. The predicted octanol–water partition coefficient (Wildman–Crippen LogP) is 6.08. The first-order valence-electron chi connectivity index (χ1n) is 11.3. The molecule has 1 aliphatic heterocycles. The molecule has 1 heterocycles. The average Bonchev–Trinajstić information content (AvgIpc) is 2.80. The molecule has 33 heavy (non-hydrogen) atoms. The Balaban J connectivity index is 1.75. The number of alkyl halides is 3. The smallest absolute Gasteiger partial charge is 0.380 e. The molecule has 1 saturated heterocycles. The molecule has 2 atom stereocenters. The molecule has 0 radical (unpaired) electrons. The molecule has 1 fully saturated rings. The SMILES string of the molecule is CCc1cc(C(F)(F)F)ccc1C(=O)C/C=C/C[C@]1(c2ccccc2)C[C@H](OC)CN(C)C1. The number of Topliss-reactive ketones (excluding diaryl/α,β-unsaturated/α-hetero) is 1. The van der Waals surface area contributed by atoms with Crippen molar-refractivity contribution in [3.63, 3.8) is 0 Å². The van der Waals surface area contributed by atoms with Crippen molar-refractivity contribution in [1.29, 1.82) is 0 Å². The lowest BCUT2D eigenvalue weighted by molar-refractivity contribution is -0.137. The van der Waals surface area contributed by atoms with Gasteiger partial charge in [0.2, 0.25) is 0 Å². The van der Waals surface area contributed by atoms with E-state index in [1.165, 1.54) is 11.6 Å². The van der Waals surface area contributed by atoms with Gasteiger partial charge in [0, 0.05) is 37.6 Å². The second kappa shape index (κ2) is 10.7. The van der Waals surface area contributed by atoms with Crippen molar-refractivity contribution in [3.05, 3.63) is 82.9 Å². The van der Waals surface area contributed by atoms with Crippen LogP contribution in [0.5, 0.6) is 0 Å². The first-order valence-corrected chi connectivity index (χ1v) is 11.3. The summed E-state index contributed by atoms with van der Waals surface area (Å²) in [4.78, 5) is 15.1. The van der Waals surface area contributed by atoms with Crippen LogP contribution in [0, 0.1) is 0 Å². The number of allylic oxidation sites excluding steroid dienone is 2. The van der Waals surface area contributed by atoms with E-state index < -0.39 is 11.7 Å². The number of nitrogens with zero attached hydrogens (tertiary/aromatic N) is 1. The van der Waals surface area contributed by atoms with Crippen LogP contribution in [0.2, 0.25) is 0 Å². The number of carbonyl (C=O) groups is 1. The highest BCUT2D eigenvalue weighted by Crippen LogP contribution is 2.38. The molecule has 3 rings (SSSR count). The molecule has 2 aromatic carbocycles. The second-order valence-electron chi connectivity index (χ2n) is 8.93. The van der Waals surface area contributed by atoms with E-state index in [2.05, 4.69) is 24.1 Å². The van der Waals surface area contributed by atoms with E-state index in [1.54, 1.807) is 14.0 Å². The van der Waals surface area contributed by atoms with Crippen molar-refractivity contribution in [2.45, 2.75) is 50.3 Å². The number of benzene rings is 2. The molecular formula is C27H32F3NO2. The summed E-state index contributed by atoms with van der Waals surface area (Å²) < 4.78 is 44.7. The van der Waals surface area contributed by atoms with E-state index in [0.717, 1.165) is 38.1 Å². The molecule has 0 saturated carbocycles. The summed E-state index contributed by atoms with van der Waals surface area (Å²) in [5.41, 5.74) is 1.19. The number of aryl methyl sites for hydroxylation is 1. The zero-order chi connectivity index (χ0) is 24.1. The lowest BCUT2D eigenvalue weighted by Crippen LogP contribution is -2.50. The molecule has 0 bridgehead atoms.